The van der Waals surface area contributed by atoms with E-state index in [4.69, 9.17) is 22.3 Å². The van der Waals surface area contributed by atoms with E-state index in [-0.39, 0.29) is 5.60 Å². The number of aromatic nitrogens is 1. The molecule has 0 aliphatic carbocycles. The van der Waals surface area contributed by atoms with E-state index in [0.29, 0.717) is 5.84 Å². The molecule has 0 unspecified atom stereocenters. The third-order valence-electron chi connectivity index (χ3n) is 2.17. The Morgan fingerprint density at radius 1 is 1.50 bits per heavy atom. The number of hydrogen-bond donors (Lipinski definition) is 3. The van der Waals surface area contributed by atoms with Crippen molar-refractivity contribution >= 4 is 12.2 Å². The Bertz CT molecular complexity index is 453. The maximum Gasteiger partial charge on any atom is 0.148 e. The molecule has 0 saturated carbocycles. The lowest BCUT2D eigenvalue weighted by atomic mass is 10.2. The van der Waals surface area contributed by atoms with Crippen LogP contribution in [0.5, 0.6) is 0 Å². The molecule has 0 spiro atoms. The van der Waals surface area contributed by atoms with E-state index < -0.39 is 0 Å². The van der Waals surface area contributed by atoms with Gasteiger partial charge < -0.3 is 15.5 Å². The molecule has 0 atom stereocenters. The van der Waals surface area contributed by atoms with Crippen LogP contribution in [0.2, 0.25) is 0 Å². The van der Waals surface area contributed by atoms with Crippen molar-refractivity contribution < 1.29 is 4.74 Å². The number of amidine groups is 1. The summed E-state index contributed by atoms with van der Waals surface area (Å²) in [6, 6.07) is 3.74. The van der Waals surface area contributed by atoms with E-state index in [9.17, 15) is 0 Å². The zero-order chi connectivity index (χ0) is 16.2. The summed E-state index contributed by atoms with van der Waals surface area (Å²) in [5, 5.41) is 6.68. The van der Waals surface area contributed by atoms with E-state index in [2.05, 4.69) is 15.9 Å². The largest absolute Gasteiger partial charge is 0.382 e. The summed E-state index contributed by atoms with van der Waals surface area (Å²) >= 11 is 0. The number of rotatable bonds is 3. The Kier molecular flexibility index (Phi) is 11.0. The molecule has 1 aromatic rings. The fraction of sp³-hybridized carbons (Fsp3) is 0.467. The van der Waals surface area contributed by atoms with Crippen LogP contribution in [0.15, 0.2) is 17.1 Å². The van der Waals surface area contributed by atoms with Gasteiger partial charge in [-0.15, -0.1) is 6.42 Å². The number of H-pyrrole nitrogens is 1. The van der Waals surface area contributed by atoms with Crippen molar-refractivity contribution in [2.24, 2.45) is 10.7 Å². The van der Waals surface area contributed by atoms with E-state index in [0.717, 1.165) is 17.7 Å². The quantitative estimate of drug-likeness (QED) is 0.451. The number of ether oxygens (including phenoxy) is 1. The zero-order valence-electron chi connectivity index (χ0n) is 13.2. The Labute approximate surface area is 122 Å². The van der Waals surface area contributed by atoms with E-state index in [1.54, 1.807) is 7.11 Å². The highest BCUT2D eigenvalue weighted by Gasteiger charge is 2.08. The number of aliphatic imine (C=N–C) groups is 1. The van der Waals surface area contributed by atoms with E-state index in [1.807, 2.05) is 46.8 Å². The molecule has 1 heterocycles. The highest BCUT2D eigenvalue weighted by atomic mass is 16.5. The second-order valence-electron chi connectivity index (χ2n) is 4.06. The number of methoxy groups -OCH3 is 1. The first-order chi connectivity index (χ1) is 9.36. The lowest BCUT2D eigenvalue weighted by Gasteiger charge is -2.13. The van der Waals surface area contributed by atoms with Gasteiger partial charge in [-0.05, 0) is 32.9 Å². The summed E-state index contributed by atoms with van der Waals surface area (Å²) in [4.78, 5) is 6.61. The minimum Gasteiger partial charge on any atom is -0.382 e. The zero-order valence-corrected chi connectivity index (χ0v) is 13.2. The Balaban J connectivity index is 0. The maximum atomic E-state index is 6.68. The Morgan fingerprint density at radius 3 is 2.30 bits per heavy atom. The van der Waals surface area contributed by atoms with Gasteiger partial charge in [-0.2, -0.15) is 0 Å². The van der Waals surface area contributed by atoms with Gasteiger partial charge in [-0.1, -0.05) is 19.8 Å². The van der Waals surface area contributed by atoms with Gasteiger partial charge in [-0.25, -0.2) is 4.99 Å². The Hall–Kier alpha value is -2.06. The van der Waals surface area contributed by atoms with Crippen molar-refractivity contribution in [2.75, 3.05) is 7.11 Å². The fourth-order valence-corrected chi connectivity index (χ4v) is 0.852. The van der Waals surface area contributed by atoms with Gasteiger partial charge in [0.05, 0.1) is 5.69 Å². The summed E-state index contributed by atoms with van der Waals surface area (Å²) in [5.74, 6) is 2.81. The van der Waals surface area contributed by atoms with Crippen LogP contribution in [-0.4, -0.2) is 29.9 Å². The van der Waals surface area contributed by atoms with E-state index >= 15 is 0 Å². The van der Waals surface area contributed by atoms with Crippen LogP contribution in [0.1, 0.15) is 39.1 Å². The average molecular weight is 278 g/mol. The minimum absolute atomic E-state index is 0.341. The van der Waals surface area contributed by atoms with Crippen LogP contribution < -0.4 is 5.73 Å². The SMILES string of the molecule is C#CC(C)(C)OC.CC.Cc1ccc(C(N)=NC=N)[nH]1. The van der Waals surface area contributed by atoms with Crippen molar-refractivity contribution in [3.05, 3.63) is 23.5 Å². The van der Waals surface area contributed by atoms with E-state index in [1.165, 1.54) is 0 Å². The molecule has 1 rings (SSSR count). The molecule has 0 radical (unpaired) electrons. The average Bonchev–Trinajstić information content (AvgIpc) is 2.89. The molecule has 0 aliphatic rings. The van der Waals surface area contributed by atoms with Gasteiger partial charge in [0.25, 0.3) is 0 Å². The molecule has 20 heavy (non-hydrogen) atoms. The molecule has 0 bridgehead atoms. The third-order valence-corrected chi connectivity index (χ3v) is 2.17. The minimum atomic E-state index is -0.389. The highest BCUT2D eigenvalue weighted by molar-refractivity contribution is 5.99. The van der Waals surface area contributed by atoms with Gasteiger partial charge in [0, 0.05) is 12.8 Å². The molecule has 0 saturated heterocycles. The molecule has 0 amide bonds. The standard InChI is InChI=1S/C7H10N4.C6H10O.C2H6/c1-5-2-3-6(11-5)7(9)10-4-8;1-5-6(2,3)7-4;1-2/h2-4,11H,1H3,(H3,8,9,10);1H,2-4H3;1-2H3. The molecule has 5 nitrogen and oxygen atoms in total. The molecular weight excluding hydrogens is 252 g/mol. The van der Waals surface area contributed by atoms with Gasteiger partial charge in [0.15, 0.2) is 0 Å². The van der Waals surface area contributed by atoms with Crippen molar-refractivity contribution in [1.29, 1.82) is 5.41 Å². The molecule has 4 N–H and O–H groups in total. The van der Waals surface area contributed by atoms with Gasteiger partial charge >= 0.3 is 0 Å². The number of aromatic amines is 1. The monoisotopic (exact) mass is 278 g/mol. The first-order valence-electron chi connectivity index (χ1n) is 6.37. The first-order valence-corrected chi connectivity index (χ1v) is 6.37. The lowest BCUT2D eigenvalue weighted by molar-refractivity contribution is 0.0743. The highest BCUT2D eigenvalue weighted by Crippen LogP contribution is 2.02. The smallest absolute Gasteiger partial charge is 0.148 e. The maximum absolute atomic E-state index is 6.68. The molecule has 1 aromatic heterocycles. The van der Waals surface area contributed by atoms with Crippen molar-refractivity contribution in [1.82, 2.24) is 4.98 Å². The van der Waals surface area contributed by atoms with Gasteiger partial charge in [0.2, 0.25) is 0 Å². The molecule has 0 aliphatic heterocycles. The number of hydrogen-bond acceptors (Lipinski definition) is 2. The lowest BCUT2D eigenvalue weighted by Crippen LogP contribution is -2.18. The predicted molar refractivity (Wildman–Crippen MR) is 86.3 cm³/mol. The Morgan fingerprint density at radius 2 is 2.05 bits per heavy atom. The molecule has 5 heteroatoms. The van der Waals surface area contributed by atoms with Crippen LogP contribution >= 0.6 is 0 Å². The molecule has 112 valence electrons. The van der Waals surface area contributed by atoms with Crippen LogP contribution in [0.25, 0.3) is 0 Å². The van der Waals surface area contributed by atoms with Gasteiger partial charge in [-0.3, -0.25) is 5.41 Å². The third kappa shape index (κ3) is 8.95. The molecule has 0 fully saturated rings. The normalized spacial score (nSPS) is 10.3. The summed E-state index contributed by atoms with van der Waals surface area (Å²) in [7, 11) is 1.60. The van der Waals surface area contributed by atoms with Crippen LogP contribution in [0.4, 0.5) is 0 Å². The van der Waals surface area contributed by atoms with Crippen LogP contribution in [0.3, 0.4) is 0 Å². The van der Waals surface area contributed by atoms with Crippen molar-refractivity contribution in [3.8, 4) is 12.3 Å². The summed E-state index contributed by atoms with van der Waals surface area (Å²) in [6.45, 7) is 9.61. The second kappa shape index (κ2) is 10.8. The van der Waals surface area contributed by atoms with Crippen molar-refractivity contribution in [3.63, 3.8) is 0 Å². The van der Waals surface area contributed by atoms with Crippen LogP contribution in [0, 0.1) is 24.7 Å². The predicted octanol–water partition coefficient (Wildman–Crippen LogP) is 2.71. The fourth-order valence-electron chi connectivity index (χ4n) is 0.852. The number of nitrogens with one attached hydrogen (secondary N) is 2. The van der Waals surface area contributed by atoms with Crippen molar-refractivity contribution in [2.45, 2.75) is 40.2 Å². The number of nitrogens with zero attached hydrogens (tertiary/aromatic N) is 1. The van der Waals surface area contributed by atoms with Crippen LogP contribution in [-0.2, 0) is 4.74 Å². The van der Waals surface area contributed by atoms with Gasteiger partial charge in [0.1, 0.15) is 17.8 Å². The number of nitrogens with two attached hydrogens (primary N) is 1. The molecular formula is C15H26N4O. The number of aryl methyl sites for hydroxylation is 1. The first kappa shape index (κ1) is 20.3. The number of terminal acetylenes is 1. The summed E-state index contributed by atoms with van der Waals surface area (Å²) in [6.07, 6.45) is 5.96. The molecule has 0 aromatic carbocycles. The summed E-state index contributed by atoms with van der Waals surface area (Å²) in [5.41, 5.74) is 6.88. The topological polar surface area (TPSA) is 87.2 Å². The second-order valence-corrected chi connectivity index (χ2v) is 4.06. The summed E-state index contributed by atoms with van der Waals surface area (Å²) < 4.78 is 4.85.